The van der Waals surface area contributed by atoms with E-state index in [-0.39, 0.29) is 12.0 Å². The number of para-hydroxylation sites is 2. The molecule has 3 rings (SSSR count). The van der Waals surface area contributed by atoms with Crippen LogP contribution in [0, 0.1) is 0 Å². The molecule has 1 heterocycles. The monoisotopic (exact) mass is 341 g/mol. The standard InChI is InChI=1S/C19H19NO3S/c1-2-11-24-18-10-6-3-7-15(18)19(21)20-12-14-13-22-16-8-4-5-9-17(16)23-14/h2-10,14H,1,11-13H2,(H,20,21). The van der Waals surface area contributed by atoms with Gasteiger partial charge in [0.2, 0.25) is 0 Å². The van der Waals surface area contributed by atoms with E-state index in [4.69, 9.17) is 9.47 Å². The third kappa shape index (κ3) is 3.92. The maximum Gasteiger partial charge on any atom is 0.252 e. The lowest BCUT2D eigenvalue weighted by Gasteiger charge is -2.26. The average Bonchev–Trinajstić information content (AvgIpc) is 2.64. The van der Waals surface area contributed by atoms with Gasteiger partial charge in [-0.1, -0.05) is 30.3 Å². The molecule has 0 radical (unpaired) electrons. The molecular weight excluding hydrogens is 322 g/mol. The number of thioether (sulfide) groups is 1. The van der Waals surface area contributed by atoms with Crippen LogP contribution in [0.4, 0.5) is 0 Å². The minimum Gasteiger partial charge on any atom is -0.486 e. The number of benzene rings is 2. The summed E-state index contributed by atoms with van der Waals surface area (Å²) in [5.74, 6) is 2.11. The van der Waals surface area contributed by atoms with Crippen LogP contribution in [0.2, 0.25) is 0 Å². The van der Waals surface area contributed by atoms with Crippen molar-refractivity contribution in [1.29, 1.82) is 0 Å². The zero-order chi connectivity index (χ0) is 16.8. The number of rotatable bonds is 6. The fourth-order valence-corrected chi connectivity index (χ4v) is 3.18. The van der Waals surface area contributed by atoms with Gasteiger partial charge in [0.05, 0.1) is 12.1 Å². The van der Waals surface area contributed by atoms with Gasteiger partial charge in [-0.3, -0.25) is 4.79 Å². The molecule has 2 aromatic rings. The van der Waals surface area contributed by atoms with E-state index in [1.54, 1.807) is 11.8 Å². The number of hydrogen-bond donors (Lipinski definition) is 1. The van der Waals surface area contributed by atoms with Crippen molar-refractivity contribution >= 4 is 17.7 Å². The molecule has 1 aliphatic rings. The zero-order valence-electron chi connectivity index (χ0n) is 13.2. The van der Waals surface area contributed by atoms with Crippen LogP contribution in [0.1, 0.15) is 10.4 Å². The molecule has 0 bridgehead atoms. The molecule has 1 N–H and O–H groups in total. The molecule has 0 spiro atoms. The van der Waals surface area contributed by atoms with Gasteiger partial charge in [-0.25, -0.2) is 0 Å². The minimum absolute atomic E-state index is 0.107. The van der Waals surface area contributed by atoms with Crippen molar-refractivity contribution in [1.82, 2.24) is 5.32 Å². The van der Waals surface area contributed by atoms with Gasteiger partial charge in [0.1, 0.15) is 12.7 Å². The molecule has 1 atom stereocenters. The van der Waals surface area contributed by atoms with Crippen molar-refractivity contribution in [3.63, 3.8) is 0 Å². The highest BCUT2D eigenvalue weighted by atomic mass is 32.2. The summed E-state index contributed by atoms with van der Waals surface area (Å²) in [5, 5.41) is 2.93. The van der Waals surface area contributed by atoms with Gasteiger partial charge in [-0.05, 0) is 24.3 Å². The lowest BCUT2D eigenvalue weighted by Crippen LogP contribution is -2.40. The summed E-state index contributed by atoms with van der Waals surface area (Å²) in [6, 6.07) is 15.1. The Hall–Kier alpha value is -2.40. The van der Waals surface area contributed by atoms with Gasteiger partial charge < -0.3 is 14.8 Å². The maximum absolute atomic E-state index is 12.5. The van der Waals surface area contributed by atoms with Gasteiger partial charge in [-0.15, -0.1) is 18.3 Å². The molecule has 0 saturated heterocycles. The Kier molecular flexibility index (Phi) is 5.43. The molecular formula is C19H19NO3S. The van der Waals surface area contributed by atoms with E-state index >= 15 is 0 Å². The molecule has 24 heavy (non-hydrogen) atoms. The number of amides is 1. The molecule has 4 nitrogen and oxygen atoms in total. The van der Waals surface area contributed by atoms with Gasteiger partial charge in [-0.2, -0.15) is 0 Å². The Labute approximate surface area is 145 Å². The first kappa shape index (κ1) is 16.5. The van der Waals surface area contributed by atoms with Gasteiger partial charge in [0.15, 0.2) is 11.5 Å². The van der Waals surface area contributed by atoms with Gasteiger partial charge in [0, 0.05) is 10.6 Å². The van der Waals surface area contributed by atoms with Crippen molar-refractivity contribution in [2.75, 3.05) is 18.9 Å². The lowest BCUT2D eigenvalue weighted by molar-refractivity contribution is 0.0787. The van der Waals surface area contributed by atoms with Gasteiger partial charge in [0.25, 0.3) is 5.91 Å². The summed E-state index contributed by atoms with van der Waals surface area (Å²) in [6.45, 7) is 4.53. The Morgan fingerprint density at radius 2 is 1.96 bits per heavy atom. The Morgan fingerprint density at radius 3 is 2.79 bits per heavy atom. The van der Waals surface area contributed by atoms with E-state index in [0.717, 1.165) is 16.4 Å². The number of carbonyl (C=O) groups is 1. The maximum atomic E-state index is 12.5. The second-order valence-electron chi connectivity index (χ2n) is 5.30. The summed E-state index contributed by atoms with van der Waals surface area (Å²) < 4.78 is 11.5. The molecule has 0 aromatic heterocycles. The Morgan fingerprint density at radius 1 is 1.21 bits per heavy atom. The fraction of sp³-hybridized carbons (Fsp3) is 0.211. The number of ether oxygens (including phenoxy) is 2. The average molecular weight is 341 g/mol. The minimum atomic E-state index is -0.197. The molecule has 0 saturated carbocycles. The number of carbonyl (C=O) groups excluding carboxylic acids is 1. The van der Waals surface area contributed by atoms with Crippen molar-refractivity contribution in [2.45, 2.75) is 11.0 Å². The van der Waals surface area contributed by atoms with Crippen molar-refractivity contribution in [3.8, 4) is 11.5 Å². The Balaban J connectivity index is 1.59. The summed E-state index contributed by atoms with van der Waals surface area (Å²) in [6.07, 6.45) is 1.63. The van der Waals surface area contributed by atoms with E-state index in [1.807, 2.05) is 54.6 Å². The predicted molar refractivity (Wildman–Crippen MR) is 96.0 cm³/mol. The molecule has 1 unspecified atom stereocenters. The first-order valence-corrected chi connectivity index (χ1v) is 8.76. The second-order valence-corrected chi connectivity index (χ2v) is 6.37. The van der Waals surface area contributed by atoms with E-state index < -0.39 is 0 Å². The van der Waals surface area contributed by atoms with Crippen molar-refractivity contribution in [3.05, 3.63) is 66.7 Å². The molecule has 2 aromatic carbocycles. The summed E-state index contributed by atoms with van der Waals surface area (Å²) in [4.78, 5) is 13.4. The molecule has 1 aliphatic heterocycles. The highest BCUT2D eigenvalue weighted by Gasteiger charge is 2.21. The van der Waals surface area contributed by atoms with E-state index in [0.29, 0.717) is 24.5 Å². The van der Waals surface area contributed by atoms with Crippen LogP contribution in [-0.4, -0.2) is 30.9 Å². The third-order valence-electron chi connectivity index (χ3n) is 3.55. The third-order valence-corrected chi connectivity index (χ3v) is 4.62. The predicted octanol–water partition coefficient (Wildman–Crippen LogP) is 3.53. The van der Waals surface area contributed by atoms with Crippen LogP contribution in [-0.2, 0) is 0 Å². The first-order chi connectivity index (χ1) is 11.8. The van der Waals surface area contributed by atoms with Crippen LogP contribution in [0.3, 0.4) is 0 Å². The van der Waals surface area contributed by atoms with E-state index in [9.17, 15) is 4.79 Å². The second kappa shape index (κ2) is 7.93. The number of nitrogens with one attached hydrogen (secondary N) is 1. The molecule has 0 fully saturated rings. The zero-order valence-corrected chi connectivity index (χ0v) is 14.1. The fourth-order valence-electron chi connectivity index (χ4n) is 2.39. The SMILES string of the molecule is C=CCSc1ccccc1C(=O)NCC1COc2ccccc2O1. The van der Waals surface area contributed by atoms with Crippen LogP contribution in [0.25, 0.3) is 0 Å². The van der Waals surface area contributed by atoms with Crippen LogP contribution >= 0.6 is 11.8 Å². The molecule has 5 heteroatoms. The van der Waals surface area contributed by atoms with Crippen molar-refractivity contribution < 1.29 is 14.3 Å². The number of hydrogen-bond acceptors (Lipinski definition) is 4. The summed E-state index contributed by atoms with van der Waals surface area (Å²) in [5.41, 5.74) is 0.668. The van der Waals surface area contributed by atoms with Crippen molar-refractivity contribution in [2.24, 2.45) is 0 Å². The van der Waals surface area contributed by atoms with Gasteiger partial charge >= 0.3 is 0 Å². The quantitative estimate of drug-likeness (QED) is 0.645. The first-order valence-electron chi connectivity index (χ1n) is 7.77. The topological polar surface area (TPSA) is 47.6 Å². The van der Waals surface area contributed by atoms with E-state index in [1.165, 1.54) is 0 Å². The van der Waals surface area contributed by atoms with Crippen LogP contribution in [0.5, 0.6) is 11.5 Å². The van der Waals surface area contributed by atoms with Crippen LogP contribution in [0.15, 0.2) is 66.1 Å². The molecule has 124 valence electrons. The Bertz CT molecular complexity index is 732. The van der Waals surface area contributed by atoms with E-state index in [2.05, 4.69) is 11.9 Å². The van der Waals surface area contributed by atoms with Crippen LogP contribution < -0.4 is 14.8 Å². The smallest absolute Gasteiger partial charge is 0.252 e. The lowest BCUT2D eigenvalue weighted by atomic mass is 10.2. The number of fused-ring (bicyclic) bond motifs is 1. The largest absolute Gasteiger partial charge is 0.486 e. The highest BCUT2D eigenvalue weighted by Crippen LogP contribution is 2.30. The normalized spacial score (nSPS) is 15.6. The highest BCUT2D eigenvalue weighted by molar-refractivity contribution is 7.99. The molecule has 1 amide bonds. The molecule has 0 aliphatic carbocycles. The summed E-state index contributed by atoms with van der Waals surface area (Å²) in [7, 11) is 0. The summed E-state index contributed by atoms with van der Waals surface area (Å²) >= 11 is 1.59.